The van der Waals surface area contributed by atoms with Crippen LogP contribution >= 0.6 is 0 Å². The average molecular weight is 232 g/mol. The van der Waals surface area contributed by atoms with Gasteiger partial charge >= 0.3 is 0 Å². The number of para-hydroxylation sites is 1. The number of nitrogens with one attached hydrogen (secondary N) is 2. The molecule has 17 heavy (non-hydrogen) atoms. The van der Waals surface area contributed by atoms with Crippen LogP contribution in [-0.2, 0) is 0 Å². The fraction of sp³-hybridized carbons (Fsp3) is 0.571. The van der Waals surface area contributed by atoms with Gasteiger partial charge < -0.3 is 15.4 Å². The third-order valence-electron chi connectivity index (χ3n) is 3.80. The third kappa shape index (κ3) is 1.84. The monoisotopic (exact) mass is 232 g/mol. The van der Waals surface area contributed by atoms with Crippen LogP contribution < -0.4 is 15.4 Å². The number of rotatable bonds is 3. The Morgan fingerprint density at radius 1 is 1.35 bits per heavy atom. The molecule has 0 radical (unpaired) electrons. The first-order valence-electron chi connectivity index (χ1n) is 6.61. The summed E-state index contributed by atoms with van der Waals surface area (Å²) in [6.07, 6.45) is 4.94. The molecular formula is C14H20N2O. The zero-order valence-electron chi connectivity index (χ0n) is 10.4. The molecule has 0 aromatic heterocycles. The topological polar surface area (TPSA) is 33.3 Å². The van der Waals surface area contributed by atoms with Crippen LogP contribution in [0.5, 0.6) is 5.75 Å². The van der Waals surface area contributed by atoms with E-state index in [1.54, 1.807) is 0 Å². The lowest BCUT2D eigenvalue weighted by Crippen LogP contribution is -2.52. The molecule has 2 N–H and O–H groups in total. The van der Waals surface area contributed by atoms with Crippen molar-refractivity contribution in [2.24, 2.45) is 0 Å². The summed E-state index contributed by atoms with van der Waals surface area (Å²) in [7, 11) is 0. The predicted molar refractivity (Wildman–Crippen MR) is 70.9 cm³/mol. The number of benzene rings is 1. The lowest BCUT2D eigenvalue weighted by Gasteiger charge is -2.47. The lowest BCUT2D eigenvalue weighted by molar-refractivity contribution is 0.287. The Bertz CT molecular complexity index is 413. The largest absolute Gasteiger partial charge is 0.491 e. The van der Waals surface area contributed by atoms with E-state index < -0.39 is 0 Å². The quantitative estimate of drug-likeness (QED) is 0.839. The summed E-state index contributed by atoms with van der Waals surface area (Å²) in [5.41, 5.74) is 2.65. The summed E-state index contributed by atoms with van der Waals surface area (Å²) in [6.45, 7) is 3.93. The minimum absolute atomic E-state index is 0.316. The Hall–Kier alpha value is -1.38. The van der Waals surface area contributed by atoms with Crippen molar-refractivity contribution in [3.63, 3.8) is 0 Å². The molecule has 1 heterocycles. The highest BCUT2D eigenvalue weighted by Crippen LogP contribution is 2.44. The normalized spacial score (nSPS) is 19.8. The van der Waals surface area contributed by atoms with E-state index in [1.807, 2.05) is 6.07 Å². The molecule has 1 aliphatic heterocycles. The Kier molecular flexibility index (Phi) is 2.61. The van der Waals surface area contributed by atoms with Crippen molar-refractivity contribution in [1.29, 1.82) is 0 Å². The smallest absolute Gasteiger partial charge is 0.144 e. The average Bonchev–Trinajstić information content (AvgIpc) is 2.33. The van der Waals surface area contributed by atoms with Gasteiger partial charge in [-0.05, 0) is 37.8 Å². The predicted octanol–water partition coefficient (Wildman–Crippen LogP) is 3.24. The minimum atomic E-state index is 0.316. The highest BCUT2D eigenvalue weighted by atomic mass is 16.5. The van der Waals surface area contributed by atoms with Crippen LogP contribution in [0.1, 0.15) is 32.6 Å². The maximum atomic E-state index is 5.77. The summed E-state index contributed by atoms with van der Waals surface area (Å²) in [4.78, 5) is 0. The van der Waals surface area contributed by atoms with Gasteiger partial charge in [-0.2, -0.15) is 0 Å². The van der Waals surface area contributed by atoms with Gasteiger partial charge in [-0.25, -0.2) is 0 Å². The second-order valence-electron chi connectivity index (χ2n) is 5.14. The van der Waals surface area contributed by atoms with Gasteiger partial charge in [0, 0.05) is 6.54 Å². The Morgan fingerprint density at radius 2 is 2.24 bits per heavy atom. The maximum Gasteiger partial charge on any atom is 0.144 e. The molecule has 0 amide bonds. The molecular weight excluding hydrogens is 212 g/mol. The summed E-state index contributed by atoms with van der Waals surface area (Å²) < 4.78 is 5.77. The van der Waals surface area contributed by atoms with Gasteiger partial charge in [-0.15, -0.1) is 0 Å². The molecule has 3 nitrogen and oxygen atoms in total. The number of hydrogen-bond donors (Lipinski definition) is 2. The molecule has 1 aromatic rings. The van der Waals surface area contributed by atoms with E-state index in [2.05, 4.69) is 29.7 Å². The zero-order chi connectivity index (χ0) is 11.7. The summed E-state index contributed by atoms with van der Waals surface area (Å²) in [5, 5.41) is 7.23. The summed E-state index contributed by atoms with van der Waals surface area (Å²) in [5.74, 6) is 0.978. The molecule has 1 aliphatic carbocycles. The Morgan fingerprint density at radius 3 is 2.94 bits per heavy atom. The van der Waals surface area contributed by atoms with Crippen LogP contribution in [0.2, 0.25) is 0 Å². The highest BCUT2D eigenvalue weighted by molar-refractivity contribution is 5.78. The molecule has 0 unspecified atom stereocenters. The zero-order valence-corrected chi connectivity index (χ0v) is 10.4. The molecule has 0 atom stereocenters. The van der Waals surface area contributed by atoms with E-state index in [9.17, 15) is 0 Å². The lowest BCUT2D eigenvalue weighted by atomic mass is 9.75. The fourth-order valence-corrected chi connectivity index (χ4v) is 2.64. The number of fused-ring (bicyclic) bond motifs is 1. The van der Waals surface area contributed by atoms with Gasteiger partial charge in [0.2, 0.25) is 0 Å². The molecule has 2 aliphatic rings. The maximum absolute atomic E-state index is 5.77. The van der Waals surface area contributed by atoms with E-state index in [0.717, 1.165) is 31.0 Å². The molecule has 3 rings (SSSR count). The third-order valence-corrected chi connectivity index (χ3v) is 3.80. The van der Waals surface area contributed by atoms with E-state index in [1.165, 1.54) is 24.9 Å². The van der Waals surface area contributed by atoms with Gasteiger partial charge in [0.1, 0.15) is 11.4 Å². The minimum Gasteiger partial charge on any atom is -0.491 e. The molecule has 1 aromatic carbocycles. The molecule has 1 fully saturated rings. The van der Waals surface area contributed by atoms with Crippen LogP contribution in [0.4, 0.5) is 11.4 Å². The number of anilines is 2. The molecule has 1 spiro atoms. The first kappa shape index (κ1) is 10.8. The second-order valence-corrected chi connectivity index (χ2v) is 5.14. The molecule has 3 heteroatoms. The van der Waals surface area contributed by atoms with Crippen molar-refractivity contribution in [1.82, 2.24) is 0 Å². The number of hydrogen-bond acceptors (Lipinski definition) is 3. The van der Waals surface area contributed by atoms with E-state index in [0.29, 0.717) is 5.54 Å². The van der Waals surface area contributed by atoms with Gasteiger partial charge in [0.25, 0.3) is 0 Å². The van der Waals surface area contributed by atoms with Crippen LogP contribution in [0.3, 0.4) is 0 Å². The summed E-state index contributed by atoms with van der Waals surface area (Å²) >= 11 is 0. The van der Waals surface area contributed by atoms with E-state index >= 15 is 0 Å². The second kappa shape index (κ2) is 4.13. The van der Waals surface area contributed by atoms with Crippen molar-refractivity contribution in [2.75, 3.05) is 23.8 Å². The van der Waals surface area contributed by atoms with Gasteiger partial charge in [-0.1, -0.05) is 13.0 Å². The van der Waals surface area contributed by atoms with E-state index in [4.69, 9.17) is 4.74 Å². The first-order chi connectivity index (χ1) is 8.33. The first-order valence-corrected chi connectivity index (χ1v) is 6.61. The number of ether oxygens (including phenoxy) is 1. The summed E-state index contributed by atoms with van der Waals surface area (Å²) in [6, 6.07) is 6.25. The fourth-order valence-electron chi connectivity index (χ4n) is 2.64. The van der Waals surface area contributed by atoms with Crippen LogP contribution in [-0.4, -0.2) is 18.7 Å². The molecule has 0 saturated heterocycles. The molecule has 1 saturated carbocycles. The van der Waals surface area contributed by atoms with Crippen LogP contribution in [0.15, 0.2) is 18.2 Å². The van der Waals surface area contributed by atoms with Gasteiger partial charge in [0.05, 0.1) is 17.8 Å². The van der Waals surface area contributed by atoms with Crippen molar-refractivity contribution in [3.8, 4) is 5.75 Å². The molecule has 0 bridgehead atoms. The van der Waals surface area contributed by atoms with Gasteiger partial charge in [0.15, 0.2) is 0 Å². The van der Waals surface area contributed by atoms with Gasteiger partial charge in [-0.3, -0.25) is 0 Å². The van der Waals surface area contributed by atoms with Crippen LogP contribution in [0, 0.1) is 0 Å². The molecule has 92 valence electrons. The van der Waals surface area contributed by atoms with Crippen molar-refractivity contribution in [3.05, 3.63) is 18.2 Å². The Balaban J connectivity index is 1.83. The van der Waals surface area contributed by atoms with Crippen molar-refractivity contribution in [2.45, 2.75) is 38.1 Å². The van der Waals surface area contributed by atoms with Crippen molar-refractivity contribution < 1.29 is 4.74 Å². The Labute approximate surface area is 103 Å². The van der Waals surface area contributed by atoms with Crippen LogP contribution in [0.25, 0.3) is 0 Å². The van der Waals surface area contributed by atoms with Crippen molar-refractivity contribution >= 4 is 11.4 Å². The van der Waals surface area contributed by atoms with E-state index in [-0.39, 0.29) is 0 Å². The SMILES string of the molecule is CCCOc1cccc2c1NCC1(CCC1)N2. The standard InChI is InChI=1S/C14H20N2O/c1-2-9-17-12-6-3-5-11-13(12)15-10-14(16-11)7-4-8-14/h3,5-6,15-16H,2,4,7-10H2,1H3. The highest BCUT2D eigenvalue weighted by Gasteiger charge is 2.39.